The van der Waals surface area contributed by atoms with Gasteiger partial charge < -0.3 is 10.1 Å². The van der Waals surface area contributed by atoms with Crippen LogP contribution in [0.5, 0.6) is 0 Å². The average molecular weight is 328 g/mol. The van der Waals surface area contributed by atoms with Gasteiger partial charge in [0.2, 0.25) is 5.91 Å². The molecular formula is C13H11F3N4O3. The van der Waals surface area contributed by atoms with E-state index in [-0.39, 0.29) is 11.4 Å². The highest BCUT2D eigenvalue weighted by Gasteiger charge is 2.33. The topological polar surface area (TPSA) is 86.1 Å². The summed E-state index contributed by atoms with van der Waals surface area (Å²) in [7, 11) is 1.15. The first-order valence-electron chi connectivity index (χ1n) is 6.26. The summed E-state index contributed by atoms with van der Waals surface area (Å²) in [6, 6.07) is 4.59. The molecule has 7 nitrogen and oxygen atoms in total. The highest BCUT2D eigenvalue weighted by molar-refractivity contribution is 5.91. The number of carbonyl (C=O) groups excluding carboxylic acids is 2. The SMILES string of the molecule is COC(=O)c1cn(CC(=O)Nc2ccccc2C(F)(F)F)nn1. The Hall–Kier alpha value is -2.91. The lowest BCUT2D eigenvalue weighted by Crippen LogP contribution is -2.21. The molecule has 2 aromatic rings. The van der Waals surface area contributed by atoms with Crippen LogP contribution in [0.3, 0.4) is 0 Å². The number of para-hydroxylation sites is 1. The smallest absolute Gasteiger partial charge is 0.418 e. The van der Waals surface area contributed by atoms with Gasteiger partial charge in [-0.3, -0.25) is 4.79 Å². The van der Waals surface area contributed by atoms with Crippen LogP contribution >= 0.6 is 0 Å². The fourth-order valence-corrected chi connectivity index (χ4v) is 1.75. The van der Waals surface area contributed by atoms with Gasteiger partial charge in [-0.15, -0.1) is 5.10 Å². The van der Waals surface area contributed by atoms with Crippen LogP contribution in [0.25, 0.3) is 0 Å². The number of anilines is 1. The Morgan fingerprint density at radius 2 is 2.00 bits per heavy atom. The Morgan fingerprint density at radius 3 is 2.65 bits per heavy atom. The molecule has 0 atom stereocenters. The number of hydrogen-bond acceptors (Lipinski definition) is 5. The molecule has 0 saturated carbocycles. The summed E-state index contributed by atoms with van der Waals surface area (Å²) in [5.41, 5.74) is -1.43. The number of methoxy groups -OCH3 is 1. The largest absolute Gasteiger partial charge is 0.464 e. The summed E-state index contributed by atoms with van der Waals surface area (Å²) >= 11 is 0. The van der Waals surface area contributed by atoms with Crippen LogP contribution in [-0.2, 0) is 22.3 Å². The van der Waals surface area contributed by atoms with Crippen molar-refractivity contribution in [3.8, 4) is 0 Å². The Morgan fingerprint density at radius 1 is 1.30 bits per heavy atom. The van der Waals surface area contributed by atoms with Gasteiger partial charge in [0, 0.05) is 0 Å². The lowest BCUT2D eigenvalue weighted by molar-refractivity contribution is -0.137. The summed E-state index contributed by atoms with van der Waals surface area (Å²) in [4.78, 5) is 23.0. The minimum Gasteiger partial charge on any atom is -0.464 e. The van der Waals surface area contributed by atoms with Crippen molar-refractivity contribution in [2.75, 3.05) is 12.4 Å². The Labute approximate surface area is 128 Å². The maximum atomic E-state index is 12.8. The Kier molecular flexibility index (Phi) is 4.63. The van der Waals surface area contributed by atoms with Crippen LogP contribution in [0.15, 0.2) is 30.5 Å². The number of benzene rings is 1. The van der Waals surface area contributed by atoms with E-state index in [1.54, 1.807) is 0 Å². The minimum absolute atomic E-state index is 0.115. The molecule has 0 aliphatic rings. The zero-order valence-electron chi connectivity index (χ0n) is 11.8. The molecule has 0 saturated heterocycles. The molecular weight excluding hydrogens is 317 g/mol. The summed E-state index contributed by atoms with van der Waals surface area (Å²) in [6.07, 6.45) is -3.43. The molecule has 1 amide bonds. The van der Waals surface area contributed by atoms with Gasteiger partial charge in [-0.1, -0.05) is 17.3 Å². The van der Waals surface area contributed by atoms with E-state index < -0.39 is 30.2 Å². The second-order valence-electron chi connectivity index (χ2n) is 4.38. The van der Waals surface area contributed by atoms with Gasteiger partial charge in [-0.25, -0.2) is 9.48 Å². The number of aromatic nitrogens is 3. The molecule has 0 bridgehead atoms. The highest BCUT2D eigenvalue weighted by Crippen LogP contribution is 2.34. The standard InChI is InChI=1S/C13H11F3N4O3/c1-23-12(22)10-6-20(19-18-10)7-11(21)17-9-5-3-2-4-8(9)13(14,15)16/h2-6H,7H2,1H3,(H,17,21). The van der Waals surface area contributed by atoms with E-state index in [2.05, 4.69) is 20.4 Å². The molecule has 122 valence electrons. The number of hydrogen-bond donors (Lipinski definition) is 1. The zero-order chi connectivity index (χ0) is 17.0. The number of esters is 1. The molecule has 2 rings (SSSR count). The molecule has 1 N–H and O–H groups in total. The molecule has 10 heteroatoms. The fourth-order valence-electron chi connectivity index (χ4n) is 1.75. The van der Waals surface area contributed by atoms with Crippen molar-refractivity contribution in [2.24, 2.45) is 0 Å². The minimum atomic E-state index is -4.59. The Bertz CT molecular complexity index is 727. The summed E-state index contributed by atoms with van der Waals surface area (Å²) in [5, 5.41) is 9.16. The predicted octanol–water partition coefficient (Wildman–Crippen LogP) is 1.72. The van der Waals surface area contributed by atoms with Crippen LogP contribution in [0, 0.1) is 0 Å². The van der Waals surface area contributed by atoms with Gasteiger partial charge in [-0.05, 0) is 12.1 Å². The van der Waals surface area contributed by atoms with Crippen LogP contribution in [0.2, 0.25) is 0 Å². The number of ether oxygens (including phenoxy) is 1. The molecule has 0 unspecified atom stereocenters. The average Bonchev–Trinajstić information content (AvgIpc) is 2.94. The van der Waals surface area contributed by atoms with E-state index in [0.717, 1.165) is 30.1 Å². The first-order valence-corrected chi connectivity index (χ1v) is 6.26. The van der Waals surface area contributed by atoms with Gasteiger partial charge >= 0.3 is 12.1 Å². The number of nitrogens with zero attached hydrogens (tertiary/aromatic N) is 3. The van der Waals surface area contributed by atoms with Crippen LogP contribution in [-0.4, -0.2) is 34.0 Å². The van der Waals surface area contributed by atoms with Crippen molar-refractivity contribution in [1.29, 1.82) is 0 Å². The summed E-state index contributed by atoms with van der Waals surface area (Å²) in [5.74, 6) is -1.48. The van der Waals surface area contributed by atoms with Crippen LogP contribution < -0.4 is 5.32 Å². The van der Waals surface area contributed by atoms with E-state index in [0.29, 0.717) is 0 Å². The first-order chi connectivity index (χ1) is 10.8. The molecule has 1 heterocycles. The molecule has 0 aliphatic heterocycles. The van der Waals surface area contributed by atoms with Gasteiger partial charge in [0.05, 0.1) is 24.6 Å². The molecule has 23 heavy (non-hydrogen) atoms. The highest BCUT2D eigenvalue weighted by atomic mass is 19.4. The van der Waals surface area contributed by atoms with Gasteiger partial charge in [0.25, 0.3) is 0 Å². The number of halogens is 3. The maximum Gasteiger partial charge on any atom is 0.418 e. The lowest BCUT2D eigenvalue weighted by Gasteiger charge is -2.13. The molecule has 0 fully saturated rings. The van der Waals surface area contributed by atoms with E-state index in [9.17, 15) is 22.8 Å². The van der Waals surface area contributed by atoms with Gasteiger partial charge in [0.15, 0.2) is 5.69 Å². The third-order valence-corrected chi connectivity index (χ3v) is 2.75. The quantitative estimate of drug-likeness (QED) is 0.864. The fraction of sp³-hybridized carbons (Fsp3) is 0.231. The Balaban J connectivity index is 2.09. The number of nitrogens with one attached hydrogen (secondary N) is 1. The van der Waals surface area contributed by atoms with Crippen molar-refractivity contribution < 1.29 is 27.5 Å². The van der Waals surface area contributed by atoms with Crippen molar-refractivity contribution in [2.45, 2.75) is 12.7 Å². The van der Waals surface area contributed by atoms with Crippen molar-refractivity contribution in [3.63, 3.8) is 0 Å². The maximum absolute atomic E-state index is 12.8. The lowest BCUT2D eigenvalue weighted by atomic mass is 10.1. The van der Waals surface area contributed by atoms with Crippen molar-refractivity contribution in [1.82, 2.24) is 15.0 Å². The second kappa shape index (κ2) is 6.46. The van der Waals surface area contributed by atoms with E-state index in [1.165, 1.54) is 12.1 Å². The normalized spacial score (nSPS) is 11.1. The summed E-state index contributed by atoms with van der Waals surface area (Å²) in [6.45, 7) is -0.407. The van der Waals surface area contributed by atoms with Crippen LogP contribution in [0.1, 0.15) is 16.1 Å². The molecule has 0 aliphatic carbocycles. The molecule has 1 aromatic carbocycles. The van der Waals surface area contributed by atoms with Crippen molar-refractivity contribution >= 4 is 17.6 Å². The number of rotatable bonds is 4. The van der Waals surface area contributed by atoms with E-state index in [1.807, 2.05) is 0 Å². The third-order valence-electron chi connectivity index (χ3n) is 2.75. The molecule has 0 spiro atoms. The zero-order valence-corrected chi connectivity index (χ0v) is 11.8. The monoisotopic (exact) mass is 328 g/mol. The molecule has 1 aromatic heterocycles. The number of carbonyl (C=O) groups is 2. The predicted molar refractivity (Wildman–Crippen MR) is 71.4 cm³/mol. The number of amides is 1. The second-order valence-corrected chi connectivity index (χ2v) is 4.38. The van der Waals surface area contributed by atoms with Crippen LogP contribution in [0.4, 0.5) is 18.9 Å². The van der Waals surface area contributed by atoms with Gasteiger partial charge in [0.1, 0.15) is 6.54 Å². The first kappa shape index (κ1) is 16.5. The van der Waals surface area contributed by atoms with E-state index in [4.69, 9.17) is 0 Å². The van der Waals surface area contributed by atoms with Crippen molar-refractivity contribution in [3.05, 3.63) is 41.7 Å². The number of alkyl halides is 3. The third kappa shape index (κ3) is 4.05. The van der Waals surface area contributed by atoms with Gasteiger partial charge in [-0.2, -0.15) is 13.2 Å². The van der Waals surface area contributed by atoms with E-state index >= 15 is 0 Å². The summed E-state index contributed by atoms with van der Waals surface area (Å²) < 4.78 is 43.9. The molecule has 0 radical (unpaired) electrons.